The summed E-state index contributed by atoms with van der Waals surface area (Å²) in [6.45, 7) is -0.144. The summed E-state index contributed by atoms with van der Waals surface area (Å²) in [7, 11) is 3.06. The molecule has 0 radical (unpaired) electrons. The van der Waals surface area contributed by atoms with Crippen LogP contribution in [0.1, 0.15) is 0 Å². The molecule has 0 spiro atoms. The van der Waals surface area contributed by atoms with E-state index in [9.17, 15) is 4.79 Å². The molecule has 13 heteroatoms. The van der Waals surface area contributed by atoms with Crippen LogP contribution in [-0.2, 0) is 11.3 Å². The van der Waals surface area contributed by atoms with Crippen molar-refractivity contribution < 1.29 is 14.3 Å². The van der Waals surface area contributed by atoms with Gasteiger partial charge in [0.25, 0.3) is 0 Å². The Bertz CT molecular complexity index is 1210. The third-order valence-corrected chi connectivity index (χ3v) is 4.44. The van der Waals surface area contributed by atoms with Crippen molar-refractivity contribution in [3.05, 3.63) is 47.7 Å². The molecule has 158 valence electrons. The Kier molecular flexibility index (Phi) is 5.71. The third-order valence-electron chi connectivity index (χ3n) is 4.20. The van der Waals surface area contributed by atoms with Crippen LogP contribution >= 0.6 is 11.6 Å². The Hall–Kier alpha value is -4.06. The number of tetrazole rings is 2. The first kappa shape index (κ1) is 20.2. The highest BCUT2D eigenvalue weighted by atomic mass is 35.5. The van der Waals surface area contributed by atoms with E-state index in [0.29, 0.717) is 39.3 Å². The van der Waals surface area contributed by atoms with Crippen LogP contribution in [0, 0.1) is 0 Å². The van der Waals surface area contributed by atoms with Crippen molar-refractivity contribution in [2.45, 2.75) is 6.54 Å². The van der Waals surface area contributed by atoms with Gasteiger partial charge in [-0.15, -0.1) is 15.3 Å². The van der Waals surface area contributed by atoms with Crippen LogP contribution < -0.4 is 14.8 Å². The zero-order valence-corrected chi connectivity index (χ0v) is 17.2. The number of hydrogen-bond acceptors (Lipinski definition) is 9. The van der Waals surface area contributed by atoms with Crippen molar-refractivity contribution in [1.82, 2.24) is 40.4 Å². The summed E-state index contributed by atoms with van der Waals surface area (Å²) in [4.78, 5) is 13.6. The molecular weight excluding hydrogens is 426 g/mol. The van der Waals surface area contributed by atoms with Crippen LogP contribution in [0.2, 0.25) is 5.02 Å². The van der Waals surface area contributed by atoms with Crippen molar-refractivity contribution in [3.8, 4) is 28.6 Å². The Balaban J connectivity index is 1.51. The minimum atomic E-state index is -0.340. The lowest BCUT2D eigenvalue weighted by Gasteiger charge is -2.10. The summed E-state index contributed by atoms with van der Waals surface area (Å²) in [5, 5.41) is 26.7. The molecule has 4 rings (SSSR count). The summed E-state index contributed by atoms with van der Waals surface area (Å²) in [6.07, 6.45) is 1.43. The summed E-state index contributed by atoms with van der Waals surface area (Å²) < 4.78 is 11.9. The predicted molar refractivity (Wildman–Crippen MR) is 109 cm³/mol. The number of halogens is 1. The topological polar surface area (TPSA) is 135 Å². The summed E-state index contributed by atoms with van der Waals surface area (Å²) in [5.41, 5.74) is 1.72. The average Bonchev–Trinajstić information content (AvgIpc) is 3.46. The van der Waals surface area contributed by atoms with Crippen LogP contribution in [0.3, 0.4) is 0 Å². The van der Waals surface area contributed by atoms with E-state index in [4.69, 9.17) is 21.1 Å². The van der Waals surface area contributed by atoms with E-state index in [1.54, 1.807) is 36.4 Å². The van der Waals surface area contributed by atoms with Gasteiger partial charge in [-0.25, -0.2) is 0 Å². The van der Waals surface area contributed by atoms with Gasteiger partial charge in [-0.2, -0.15) is 9.48 Å². The molecule has 0 saturated carbocycles. The smallest absolute Gasteiger partial charge is 0.248 e. The second kappa shape index (κ2) is 8.75. The standard InChI is InChI=1S/C18H16ClN9O3/c1-30-15-6-4-12(8-16(15)31-2)21-17(29)9-28-23-18(22-25-28)13-5-3-11(19)7-14(13)27-10-20-24-26-27/h3-8,10H,9H2,1-2H3,(H,21,29). The van der Waals surface area contributed by atoms with E-state index in [1.165, 1.54) is 30.0 Å². The van der Waals surface area contributed by atoms with Crippen LogP contribution in [0.5, 0.6) is 11.5 Å². The molecule has 12 nitrogen and oxygen atoms in total. The molecule has 31 heavy (non-hydrogen) atoms. The number of carbonyl (C=O) groups is 1. The second-order valence-corrected chi connectivity index (χ2v) is 6.61. The maximum atomic E-state index is 12.4. The molecule has 0 atom stereocenters. The third kappa shape index (κ3) is 4.43. The number of ether oxygens (including phenoxy) is 2. The molecule has 1 N–H and O–H groups in total. The SMILES string of the molecule is COc1ccc(NC(=O)Cn2nnc(-c3ccc(Cl)cc3-n3cnnn3)n2)cc1OC. The van der Waals surface area contributed by atoms with E-state index >= 15 is 0 Å². The fourth-order valence-corrected chi connectivity index (χ4v) is 2.98. The van der Waals surface area contributed by atoms with Crippen molar-refractivity contribution in [3.63, 3.8) is 0 Å². The Labute approximate surface area is 180 Å². The van der Waals surface area contributed by atoms with Crippen LogP contribution in [0.15, 0.2) is 42.7 Å². The Morgan fingerprint density at radius 2 is 1.94 bits per heavy atom. The number of methoxy groups -OCH3 is 2. The number of nitrogens with zero attached hydrogens (tertiary/aromatic N) is 8. The molecule has 0 bridgehead atoms. The number of nitrogens with one attached hydrogen (secondary N) is 1. The van der Waals surface area contributed by atoms with E-state index in [2.05, 4.69) is 36.3 Å². The highest BCUT2D eigenvalue weighted by molar-refractivity contribution is 6.30. The number of anilines is 1. The van der Waals surface area contributed by atoms with Gasteiger partial charge in [-0.3, -0.25) is 4.79 Å². The molecule has 2 aromatic heterocycles. The van der Waals surface area contributed by atoms with E-state index in [1.807, 2.05) is 0 Å². The predicted octanol–water partition coefficient (Wildman–Crippen LogP) is 1.63. The molecule has 0 fully saturated rings. The number of hydrogen-bond donors (Lipinski definition) is 1. The number of benzene rings is 2. The molecule has 0 unspecified atom stereocenters. The molecule has 0 aliphatic rings. The lowest BCUT2D eigenvalue weighted by atomic mass is 10.1. The maximum absolute atomic E-state index is 12.4. The molecule has 2 aromatic carbocycles. The first-order valence-electron chi connectivity index (χ1n) is 8.90. The average molecular weight is 442 g/mol. The molecule has 0 saturated heterocycles. The summed E-state index contributed by atoms with van der Waals surface area (Å²) in [6, 6.07) is 10.1. The first-order valence-corrected chi connectivity index (χ1v) is 9.28. The molecule has 2 heterocycles. The highest BCUT2D eigenvalue weighted by Gasteiger charge is 2.16. The van der Waals surface area contributed by atoms with Gasteiger partial charge < -0.3 is 14.8 Å². The first-order chi connectivity index (χ1) is 15.1. The number of amides is 1. The number of rotatable bonds is 7. The van der Waals surface area contributed by atoms with Crippen molar-refractivity contribution >= 4 is 23.2 Å². The quantitative estimate of drug-likeness (QED) is 0.453. The van der Waals surface area contributed by atoms with Crippen LogP contribution in [0.4, 0.5) is 5.69 Å². The van der Waals surface area contributed by atoms with Crippen LogP contribution in [-0.4, -0.2) is 60.5 Å². The van der Waals surface area contributed by atoms with Gasteiger partial charge in [-0.05, 0) is 46.0 Å². The fraction of sp³-hybridized carbons (Fsp3) is 0.167. The molecular formula is C18H16ClN9O3. The molecule has 0 aliphatic carbocycles. The lowest BCUT2D eigenvalue weighted by molar-refractivity contribution is -0.117. The minimum Gasteiger partial charge on any atom is -0.493 e. The van der Waals surface area contributed by atoms with Gasteiger partial charge in [0.2, 0.25) is 11.7 Å². The maximum Gasteiger partial charge on any atom is 0.248 e. The summed E-state index contributed by atoms with van der Waals surface area (Å²) in [5.74, 6) is 1.01. The van der Waals surface area contributed by atoms with Gasteiger partial charge in [0.15, 0.2) is 11.5 Å². The van der Waals surface area contributed by atoms with Gasteiger partial charge in [-0.1, -0.05) is 11.6 Å². The molecule has 4 aromatic rings. The van der Waals surface area contributed by atoms with Gasteiger partial charge >= 0.3 is 0 Å². The Morgan fingerprint density at radius 3 is 2.68 bits per heavy atom. The zero-order chi connectivity index (χ0) is 21.8. The zero-order valence-electron chi connectivity index (χ0n) is 16.4. The molecule has 1 amide bonds. The van der Waals surface area contributed by atoms with Gasteiger partial charge in [0.1, 0.15) is 12.9 Å². The van der Waals surface area contributed by atoms with E-state index in [0.717, 1.165) is 0 Å². The van der Waals surface area contributed by atoms with Crippen molar-refractivity contribution in [2.24, 2.45) is 0 Å². The van der Waals surface area contributed by atoms with E-state index < -0.39 is 0 Å². The highest BCUT2D eigenvalue weighted by Crippen LogP contribution is 2.30. The van der Waals surface area contributed by atoms with Gasteiger partial charge in [0, 0.05) is 22.3 Å². The monoisotopic (exact) mass is 441 g/mol. The van der Waals surface area contributed by atoms with Gasteiger partial charge in [0.05, 0.1) is 19.9 Å². The number of aromatic nitrogens is 8. The fourth-order valence-electron chi connectivity index (χ4n) is 2.82. The number of carbonyl (C=O) groups excluding carboxylic acids is 1. The largest absolute Gasteiger partial charge is 0.493 e. The van der Waals surface area contributed by atoms with Crippen LogP contribution in [0.25, 0.3) is 17.1 Å². The van der Waals surface area contributed by atoms with Crippen molar-refractivity contribution in [2.75, 3.05) is 19.5 Å². The summed E-state index contributed by atoms with van der Waals surface area (Å²) >= 11 is 6.10. The lowest BCUT2D eigenvalue weighted by Crippen LogP contribution is -2.20. The normalized spacial score (nSPS) is 10.7. The van der Waals surface area contributed by atoms with Crippen molar-refractivity contribution in [1.29, 1.82) is 0 Å². The second-order valence-electron chi connectivity index (χ2n) is 6.18. The van der Waals surface area contributed by atoms with E-state index in [-0.39, 0.29) is 12.5 Å². The molecule has 0 aliphatic heterocycles. The minimum absolute atomic E-state index is 0.144. The Morgan fingerprint density at radius 1 is 1.10 bits per heavy atom.